The van der Waals surface area contributed by atoms with E-state index in [1.165, 1.54) is 0 Å². The highest BCUT2D eigenvalue weighted by Crippen LogP contribution is 2.11. The maximum Gasteiger partial charge on any atom is 0.246 e. The minimum absolute atomic E-state index is 0.0949. The first-order valence-electron chi connectivity index (χ1n) is 6.56. The number of aromatic nitrogens is 1. The van der Waals surface area contributed by atoms with Crippen LogP contribution in [-0.4, -0.2) is 22.3 Å². The van der Waals surface area contributed by atoms with Crippen LogP contribution in [0.25, 0.3) is 6.08 Å². The van der Waals surface area contributed by atoms with E-state index in [1.807, 2.05) is 29.6 Å². The summed E-state index contributed by atoms with van der Waals surface area (Å²) in [6.07, 6.45) is 7.10. The largest absolute Gasteiger partial charge is 0.334 e. The summed E-state index contributed by atoms with van der Waals surface area (Å²) in [5, 5.41) is 10.7. The van der Waals surface area contributed by atoms with Gasteiger partial charge in [0.25, 0.3) is 0 Å². The Hall–Kier alpha value is -2.45. The summed E-state index contributed by atoms with van der Waals surface area (Å²) >= 11 is 1.58. The molecule has 106 valence electrons. The summed E-state index contributed by atoms with van der Waals surface area (Å²) in [6.45, 7) is 0.877. The highest BCUT2D eigenvalue weighted by atomic mass is 32.1. The third-order valence-electron chi connectivity index (χ3n) is 2.83. The Morgan fingerprint density at radius 3 is 3.00 bits per heavy atom. The average molecular weight is 297 g/mol. The van der Waals surface area contributed by atoms with Crippen LogP contribution >= 0.6 is 11.3 Å². The van der Waals surface area contributed by atoms with Gasteiger partial charge in [-0.2, -0.15) is 5.26 Å². The lowest BCUT2D eigenvalue weighted by Crippen LogP contribution is -2.29. The highest BCUT2D eigenvalue weighted by Gasteiger charge is 2.11. The van der Waals surface area contributed by atoms with E-state index in [9.17, 15) is 4.79 Å². The number of carbonyl (C=O) groups excluding carboxylic acids is 1. The molecule has 0 aliphatic rings. The van der Waals surface area contributed by atoms with Crippen molar-refractivity contribution >= 4 is 23.3 Å². The molecule has 0 fully saturated rings. The van der Waals surface area contributed by atoms with Crippen molar-refractivity contribution in [3.05, 3.63) is 58.6 Å². The molecular formula is C16H15N3OS. The van der Waals surface area contributed by atoms with Gasteiger partial charge in [-0.3, -0.25) is 9.78 Å². The van der Waals surface area contributed by atoms with Crippen molar-refractivity contribution in [2.75, 3.05) is 6.54 Å². The van der Waals surface area contributed by atoms with Gasteiger partial charge >= 0.3 is 0 Å². The quantitative estimate of drug-likeness (QED) is 0.770. The van der Waals surface area contributed by atoms with Crippen molar-refractivity contribution in [1.29, 1.82) is 5.26 Å². The molecule has 0 saturated heterocycles. The van der Waals surface area contributed by atoms with Crippen molar-refractivity contribution in [3.63, 3.8) is 0 Å². The number of thiophene rings is 1. The SMILES string of the molecule is N#CCCN(Cc1cccnc1)C(=O)/C=C/c1cccs1. The first-order chi connectivity index (χ1) is 10.3. The van der Waals surface area contributed by atoms with Gasteiger partial charge in [0.1, 0.15) is 0 Å². The smallest absolute Gasteiger partial charge is 0.246 e. The van der Waals surface area contributed by atoms with Crippen molar-refractivity contribution in [1.82, 2.24) is 9.88 Å². The predicted octanol–water partition coefficient (Wildman–Crippen LogP) is 3.10. The molecule has 2 aromatic rings. The van der Waals surface area contributed by atoms with Gasteiger partial charge in [-0.1, -0.05) is 12.1 Å². The molecule has 0 N–H and O–H groups in total. The summed E-state index contributed by atoms with van der Waals surface area (Å²) in [4.78, 5) is 19.0. The minimum atomic E-state index is -0.0949. The Kier molecular flexibility index (Phi) is 5.68. The van der Waals surface area contributed by atoms with Crippen molar-refractivity contribution in [2.45, 2.75) is 13.0 Å². The number of nitrogens with zero attached hydrogens (tertiary/aromatic N) is 3. The zero-order valence-corrected chi connectivity index (χ0v) is 12.3. The molecule has 0 aromatic carbocycles. The van der Waals surface area contributed by atoms with E-state index in [4.69, 9.17) is 5.26 Å². The Bertz CT molecular complexity index is 629. The van der Waals surface area contributed by atoms with E-state index in [1.54, 1.807) is 40.8 Å². The van der Waals surface area contributed by atoms with Crippen LogP contribution in [0.2, 0.25) is 0 Å². The first kappa shape index (κ1) is 14.9. The van der Waals surface area contributed by atoms with Gasteiger partial charge in [-0.25, -0.2) is 0 Å². The number of hydrogen-bond donors (Lipinski definition) is 0. The standard InChI is InChI=1S/C16H15N3OS/c17-8-3-10-19(13-14-4-1-9-18-12-14)16(20)7-6-15-5-2-11-21-15/h1-2,4-7,9,11-12H,3,10,13H2/b7-6+. The molecule has 0 aliphatic heterocycles. The normalized spacial score (nSPS) is 10.4. The topological polar surface area (TPSA) is 57.0 Å². The van der Waals surface area contributed by atoms with Crippen LogP contribution < -0.4 is 0 Å². The van der Waals surface area contributed by atoms with Gasteiger partial charge in [-0.15, -0.1) is 11.3 Å². The summed E-state index contributed by atoms with van der Waals surface area (Å²) in [5.74, 6) is -0.0949. The van der Waals surface area contributed by atoms with Gasteiger partial charge in [0, 0.05) is 36.4 Å². The Labute approximate surface area is 128 Å². The Morgan fingerprint density at radius 1 is 1.43 bits per heavy atom. The summed E-state index contributed by atoms with van der Waals surface area (Å²) in [5.41, 5.74) is 0.952. The fourth-order valence-corrected chi connectivity index (χ4v) is 2.43. The molecule has 2 heterocycles. The second-order valence-corrected chi connectivity index (χ2v) is 5.36. The van der Waals surface area contributed by atoms with Crippen LogP contribution in [-0.2, 0) is 11.3 Å². The van der Waals surface area contributed by atoms with E-state index in [2.05, 4.69) is 11.1 Å². The fraction of sp³-hybridized carbons (Fsp3) is 0.188. The van der Waals surface area contributed by atoms with Crippen LogP contribution in [0.5, 0.6) is 0 Å². The van der Waals surface area contributed by atoms with Crippen molar-refractivity contribution < 1.29 is 4.79 Å². The van der Waals surface area contributed by atoms with E-state index in [0.717, 1.165) is 10.4 Å². The lowest BCUT2D eigenvalue weighted by molar-refractivity contribution is -0.126. The summed E-state index contributed by atoms with van der Waals surface area (Å²) in [7, 11) is 0. The lowest BCUT2D eigenvalue weighted by atomic mass is 10.2. The van der Waals surface area contributed by atoms with E-state index < -0.39 is 0 Å². The molecule has 0 atom stereocenters. The predicted molar refractivity (Wildman–Crippen MR) is 83.2 cm³/mol. The number of carbonyl (C=O) groups is 1. The minimum Gasteiger partial charge on any atom is -0.334 e. The zero-order chi connectivity index (χ0) is 14.9. The van der Waals surface area contributed by atoms with Gasteiger partial charge in [0.05, 0.1) is 12.5 Å². The van der Waals surface area contributed by atoms with Gasteiger partial charge in [0.15, 0.2) is 0 Å². The molecule has 0 saturated carbocycles. The maximum atomic E-state index is 12.3. The van der Waals surface area contributed by atoms with Crippen LogP contribution in [0.3, 0.4) is 0 Å². The molecule has 21 heavy (non-hydrogen) atoms. The maximum absolute atomic E-state index is 12.3. The van der Waals surface area contributed by atoms with Crippen LogP contribution in [0.15, 0.2) is 48.1 Å². The molecule has 5 heteroatoms. The molecule has 2 rings (SSSR count). The number of rotatable bonds is 6. The molecule has 0 unspecified atom stereocenters. The van der Waals surface area contributed by atoms with E-state index in [0.29, 0.717) is 19.5 Å². The molecule has 1 amide bonds. The fourth-order valence-electron chi connectivity index (χ4n) is 1.81. The number of pyridine rings is 1. The van der Waals surface area contributed by atoms with Gasteiger partial charge < -0.3 is 4.90 Å². The van der Waals surface area contributed by atoms with E-state index in [-0.39, 0.29) is 5.91 Å². The van der Waals surface area contributed by atoms with Gasteiger partial charge in [-0.05, 0) is 29.2 Å². The molecule has 0 spiro atoms. The third kappa shape index (κ3) is 4.86. The molecular weight excluding hydrogens is 282 g/mol. The molecule has 4 nitrogen and oxygen atoms in total. The van der Waals surface area contributed by atoms with Crippen LogP contribution in [0, 0.1) is 11.3 Å². The summed E-state index contributed by atoms with van der Waals surface area (Å²) in [6, 6.07) is 9.73. The molecule has 2 aromatic heterocycles. The number of hydrogen-bond acceptors (Lipinski definition) is 4. The monoisotopic (exact) mass is 297 g/mol. The second kappa shape index (κ2) is 7.98. The van der Waals surface area contributed by atoms with Crippen molar-refractivity contribution in [3.8, 4) is 6.07 Å². The number of nitriles is 1. The van der Waals surface area contributed by atoms with Crippen LogP contribution in [0.1, 0.15) is 16.9 Å². The van der Waals surface area contributed by atoms with Crippen LogP contribution in [0.4, 0.5) is 0 Å². The van der Waals surface area contributed by atoms with Gasteiger partial charge in [0.2, 0.25) is 5.91 Å². The molecule has 0 bridgehead atoms. The Morgan fingerprint density at radius 2 is 2.33 bits per heavy atom. The lowest BCUT2D eigenvalue weighted by Gasteiger charge is -2.19. The average Bonchev–Trinajstić information content (AvgIpc) is 3.03. The first-order valence-corrected chi connectivity index (χ1v) is 7.44. The summed E-state index contributed by atoms with van der Waals surface area (Å²) < 4.78 is 0. The highest BCUT2D eigenvalue weighted by molar-refractivity contribution is 7.10. The third-order valence-corrected chi connectivity index (χ3v) is 3.67. The zero-order valence-electron chi connectivity index (χ0n) is 11.5. The second-order valence-electron chi connectivity index (χ2n) is 4.38. The Balaban J connectivity index is 2.04. The number of amides is 1. The molecule has 0 radical (unpaired) electrons. The van der Waals surface area contributed by atoms with E-state index >= 15 is 0 Å². The van der Waals surface area contributed by atoms with Crippen molar-refractivity contribution in [2.24, 2.45) is 0 Å². The molecule has 0 aliphatic carbocycles.